The predicted octanol–water partition coefficient (Wildman–Crippen LogP) is 3.32. The Hall–Kier alpha value is -4.05. The zero-order valence-corrected chi connectivity index (χ0v) is 22.4. The van der Waals surface area contributed by atoms with Crippen LogP contribution in [0.3, 0.4) is 0 Å². The van der Waals surface area contributed by atoms with Crippen LogP contribution in [0.15, 0.2) is 57.5 Å². The number of carbonyl (C=O) groups is 1. The molecule has 0 radical (unpaired) electrons. The number of fused-ring (bicyclic) bond motifs is 2. The number of aromatic nitrogens is 1. The highest BCUT2D eigenvalue weighted by atomic mass is 32.1. The van der Waals surface area contributed by atoms with Crippen LogP contribution >= 0.6 is 11.3 Å². The molecule has 3 aromatic rings. The first-order valence-corrected chi connectivity index (χ1v) is 13.3. The van der Waals surface area contributed by atoms with Crippen LogP contribution in [0.2, 0.25) is 0 Å². The summed E-state index contributed by atoms with van der Waals surface area (Å²) in [5.74, 6) is 1.90. The van der Waals surface area contributed by atoms with Gasteiger partial charge in [-0.05, 0) is 69.2 Å². The Morgan fingerprint density at radius 3 is 2.58 bits per heavy atom. The van der Waals surface area contributed by atoms with Crippen LogP contribution in [0.4, 0.5) is 0 Å². The number of thiazole rings is 1. The standard InChI is InChI=1S/C28H28N2O7S/c1-5-33-19-11-9-18(14-22(19)34-6-2)25-24(27(32)35-7-3)16(4)29-28-30(25)26(31)23(38-28)13-17-8-10-20-21(12-17)37-15-36-20/h8-14,25H,5-7,15H2,1-4H3/b23-13-. The number of hydrogen-bond acceptors (Lipinski definition) is 9. The number of benzene rings is 2. The van der Waals surface area contributed by atoms with Crippen LogP contribution < -0.4 is 33.8 Å². The van der Waals surface area contributed by atoms with Crippen LogP contribution in [0.25, 0.3) is 6.08 Å². The number of rotatable bonds is 8. The normalized spacial score (nSPS) is 16.2. The van der Waals surface area contributed by atoms with Crippen molar-refractivity contribution >= 4 is 23.4 Å². The van der Waals surface area contributed by atoms with Gasteiger partial charge in [-0.3, -0.25) is 9.36 Å². The van der Waals surface area contributed by atoms with Crippen molar-refractivity contribution in [2.45, 2.75) is 33.7 Å². The zero-order valence-electron chi connectivity index (χ0n) is 21.6. The van der Waals surface area contributed by atoms with Gasteiger partial charge >= 0.3 is 5.97 Å². The molecule has 0 spiro atoms. The molecule has 3 heterocycles. The summed E-state index contributed by atoms with van der Waals surface area (Å²) in [6, 6.07) is 10.2. The van der Waals surface area contributed by atoms with Crippen LogP contribution in [0, 0.1) is 0 Å². The number of esters is 1. The minimum atomic E-state index is -0.751. The lowest BCUT2D eigenvalue weighted by Gasteiger charge is -2.25. The molecule has 2 aliphatic heterocycles. The molecule has 10 heteroatoms. The van der Waals surface area contributed by atoms with E-state index in [0.717, 1.165) is 5.56 Å². The fourth-order valence-electron chi connectivity index (χ4n) is 4.50. The number of hydrogen-bond donors (Lipinski definition) is 0. The average molecular weight is 537 g/mol. The van der Waals surface area contributed by atoms with E-state index in [2.05, 4.69) is 4.99 Å². The molecule has 0 saturated carbocycles. The van der Waals surface area contributed by atoms with Gasteiger partial charge in [-0.1, -0.05) is 23.5 Å². The molecular weight excluding hydrogens is 508 g/mol. The summed E-state index contributed by atoms with van der Waals surface area (Å²) < 4.78 is 29.8. The fraction of sp³-hybridized carbons (Fsp3) is 0.321. The summed E-state index contributed by atoms with van der Waals surface area (Å²) in [7, 11) is 0. The monoisotopic (exact) mass is 536 g/mol. The number of allylic oxidation sites excluding steroid dienone is 1. The van der Waals surface area contributed by atoms with Crippen molar-refractivity contribution in [2.24, 2.45) is 4.99 Å². The Morgan fingerprint density at radius 1 is 1.05 bits per heavy atom. The van der Waals surface area contributed by atoms with Gasteiger partial charge in [0.05, 0.1) is 41.7 Å². The second-order valence-corrected chi connectivity index (χ2v) is 9.50. The van der Waals surface area contributed by atoms with Crippen molar-refractivity contribution in [1.29, 1.82) is 0 Å². The molecule has 1 aromatic heterocycles. The molecule has 198 valence electrons. The van der Waals surface area contributed by atoms with E-state index in [1.807, 2.05) is 44.2 Å². The molecule has 0 amide bonds. The van der Waals surface area contributed by atoms with Gasteiger partial charge in [0.1, 0.15) is 0 Å². The third-order valence-corrected chi connectivity index (χ3v) is 7.08. The average Bonchev–Trinajstić information content (AvgIpc) is 3.48. The van der Waals surface area contributed by atoms with E-state index in [0.29, 0.717) is 62.4 Å². The van der Waals surface area contributed by atoms with Crippen molar-refractivity contribution in [3.63, 3.8) is 0 Å². The van der Waals surface area contributed by atoms with Crippen LogP contribution in [-0.2, 0) is 9.53 Å². The SMILES string of the molecule is CCOC(=O)C1=C(C)N=c2s/c(=C\c3ccc4c(c3)OCO4)c(=O)n2C1c1ccc(OCC)c(OCC)c1. The van der Waals surface area contributed by atoms with Gasteiger partial charge < -0.3 is 23.7 Å². The molecule has 0 fully saturated rings. The summed E-state index contributed by atoms with van der Waals surface area (Å²) in [5.41, 5.74) is 2.01. The minimum absolute atomic E-state index is 0.169. The lowest BCUT2D eigenvalue weighted by Crippen LogP contribution is -2.40. The second-order valence-electron chi connectivity index (χ2n) is 8.49. The third-order valence-electron chi connectivity index (χ3n) is 6.09. The predicted molar refractivity (Wildman–Crippen MR) is 142 cm³/mol. The zero-order chi connectivity index (χ0) is 26.8. The van der Waals surface area contributed by atoms with Crippen LogP contribution in [-0.4, -0.2) is 37.1 Å². The van der Waals surface area contributed by atoms with Crippen LogP contribution in [0.5, 0.6) is 23.0 Å². The van der Waals surface area contributed by atoms with Gasteiger partial charge in [-0.2, -0.15) is 0 Å². The van der Waals surface area contributed by atoms with Crippen molar-refractivity contribution in [1.82, 2.24) is 4.57 Å². The van der Waals surface area contributed by atoms with E-state index in [-0.39, 0.29) is 19.0 Å². The number of ether oxygens (including phenoxy) is 5. The van der Waals surface area contributed by atoms with Crippen molar-refractivity contribution < 1.29 is 28.5 Å². The molecule has 0 N–H and O–H groups in total. The highest BCUT2D eigenvalue weighted by Gasteiger charge is 2.34. The Labute approximate surface area is 223 Å². The van der Waals surface area contributed by atoms with Gasteiger partial charge in [0.15, 0.2) is 27.8 Å². The Morgan fingerprint density at radius 2 is 1.82 bits per heavy atom. The molecular formula is C28H28N2O7S. The molecule has 0 saturated heterocycles. The van der Waals surface area contributed by atoms with Crippen molar-refractivity contribution in [3.8, 4) is 23.0 Å². The summed E-state index contributed by atoms with van der Waals surface area (Å²) in [4.78, 5) is 32.1. The topological polar surface area (TPSA) is 97.6 Å². The molecule has 2 aromatic carbocycles. The smallest absolute Gasteiger partial charge is 0.338 e. The first-order chi connectivity index (χ1) is 18.4. The molecule has 5 rings (SSSR count). The maximum absolute atomic E-state index is 13.8. The minimum Gasteiger partial charge on any atom is -0.490 e. The van der Waals surface area contributed by atoms with Gasteiger partial charge in [-0.25, -0.2) is 9.79 Å². The molecule has 1 atom stereocenters. The maximum atomic E-state index is 13.8. The first-order valence-electron chi connectivity index (χ1n) is 12.4. The highest BCUT2D eigenvalue weighted by molar-refractivity contribution is 7.07. The van der Waals surface area contributed by atoms with Gasteiger partial charge in [0.25, 0.3) is 5.56 Å². The van der Waals surface area contributed by atoms with E-state index in [1.165, 1.54) is 11.3 Å². The number of nitrogens with zero attached hydrogens (tertiary/aromatic N) is 2. The molecule has 9 nitrogen and oxygen atoms in total. The molecule has 0 bridgehead atoms. The van der Waals surface area contributed by atoms with Gasteiger partial charge in [0, 0.05) is 0 Å². The summed E-state index contributed by atoms with van der Waals surface area (Å²) in [6.45, 7) is 8.55. The molecule has 0 aliphatic carbocycles. The van der Waals surface area contributed by atoms with Gasteiger partial charge in [-0.15, -0.1) is 0 Å². The maximum Gasteiger partial charge on any atom is 0.338 e. The lowest BCUT2D eigenvalue weighted by molar-refractivity contribution is -0.139. The van der Waals surface area contributed by atoms with Crippen molar-refractivity contribution in [2.75, 3.05) is 26.6 Å². The quantitative estimate of drug-likeness (QED) is 0.408. The van der Waals surface area contributed by atoms with E-state index >= 15 is 0 Å². The van der Waals surface area contributed by atoms with Crippen molar-refractivity contribution in [3.05, 3.63) is 78.5 Å². The van der Waals surface area contributed by atoms with E-state index in [9.17, 15) is 9.59 Å². The summed E-state index contributed by atoms with van der Waals surface area (Å²) in [5, 5.41) is 0. The molecule has 1 unspecified atom stereocenters. The molecule has 38 heavy (non-hydrogen) atoms. The van der Waals surface area contributed by atoms with Crippen LogP contribution in [0.1, 0.15) is 44.9 Å². The van der Waals surface area contributed by atoms with E-state index in [4.69, 9.17) is 23.7 Å². The summed E-state index contributed by atoms with van der Waals surface area (Å²) in [6.07, 6.45) is 1.79. The fourth-order valence-corrected chi connectivity index (χ4v) is 5.55. The molecule has 2 aliphatic rings. The third kappa shape index (κ3) is 4.67. The Balaban J connectivity index is 1.69. The largest absolute Gasteiger partial charge is 0.490 e. The van der Waals surface area contributed by atoms with E-state index in [1.54, 1.807) is 30.6 Å². The van der Waals surface area contributed by atoms with E-state index < -0.39 is 12.0 Å². The highest BCUT2D eigenvalue weighted by Crippen LogP contribution is 2.36. The number of carbonyl (C=O) groups excluding carboxylic acids is 1. The summed E-state index contributed by atoms with van der Waals surface area (Å²) >= 11 is 1.26. The lowest BCUT2D eigenvalue weighted by atomic mass is 9.95. The second kappa shape index (κ2) is 10.7. The Bertz CT molecular complexity index is 1600. The first kappa shape index (κ1) is 25.6. The van der Waals surface area contributed by atoms with Gasteiger partial charge in [0.2, 0.25) is 6.79 Å². The Kier molecular flexibility index (Phi) is 7.24.